The lowest BCUT2D eigenvalue weighted by atomic mass is 9.63. The number of rotatable bonds is 6. The van der Waals surface area contributed by atoms with Crippen molar-refractivity contribution in [2.75, 3.05) is 13.2 Å². The first kappa shape index (κ1) is 17.2. The van der Waals surface area contributed by atoms with Crippen molar-refractivity contribution in [2.24, 2.45) is 10.8 Å². The predicted molar refractivity (Wildman–Crippen MR) is 87.4 cm³/mol. The highest BCUT2D eigenvalue weighted by atomic mass is 16.5. The van der Waals surface area contributed by atoms with E-state index in [9.17, 15) is 5.11 Å². The van der Waals surface area contributed by atoms with E-state index in [1.807, 2.05) is 0 Å². The largest absolute Gasteiger partial charge is 0.389 e. The van der Waals surface area contributed by atoms with Crippen LogP contribution in [0.25, 0.3) is 0 Å². The second kappa shape index (κ2) is 6.97. The van der Waals surface area contributed by atoms with E-state index < -0.39 is 0 Å². The van der Waals surface area contributed by atoms with Gasteiger partial charge < -0.3 is 15.2 Å². The third kappa shape index (κ3) is 5.88. The molecule has 2 saturated carbocycles. The Labute approximate surface area is 130 Å². The first-order valence-electron chi connectivity index (χ1n) is 8.79. The summed E-state index contributed by atoms with van der Waals surface area (Å²) in [5.74, 6) is 0. The molecule has 1 atom stereocenters. The van der Waals surface area contributed by atoms with Crippen LogP contribution in [0.2, 0.25) is 0 Å². The normalized spacial score (nSPS) is 27.9. The lowest BCUT2D eigenvalue weighted by Crippen LogP contribution is -2.46. The second-order valence-electron chi connectivity index (χ2n) is 8.91. The Balaban J connectivity index is 1.69. The molecule has 124 valence electrons. The fourth-order valence-electron chi connectivity index (χ4n) is 4.65. The first-order valence-corrected chi connectivity index (χ1v) is 8.79. The summed E-state index contributed by atoms with van der Waals surface area (Å²) in [5, 5.41) is 13.7. The molecule has 0 radical (unpaired) electrons. The average Bonchev–Trinajstić information content (AvgIpc) is 2.83. The van der Waals surface area contributed by atoms with Gasteiger partial charge in [-0.3, -0.25) is 0 Å². The predicted octanol–water partition coefficient (Wildman–Crippen LogP) is 3.50. The minimum Gasteiger partial charge on any atom is -0.389 e. The third-order valence-electron chi connectivity index (χ3n) is 5.02. The van der Waals surface area contributed by atoms with Gasteiger partial charge in [0, 0.05) is 12.6 Å². The van der Waals surface area contributed by atoms with Crippen molar-refractivity contribution in [1.29, 1.82) is 0 Å². The Kier molecular flexibility index (Phi) is 5.72. The maximum Gasteiger partial charge on any atom is 0.0897 e. The maximum absolute atomic E-state index is 10.1. The van der Waals surface area contributed by atoms with E-state index in [-0.39, 0.29) is 6.10 Å². The van der Waals surface area contributed by atoms with Gasteiger partial charge in [-0.05, 0) is 42.9 Å². The van der Waals surface area contributed by atoms with Gasteiger partial charge in [-0.2, -0.15) is 0 Å². The summed E-state index contributed by atoms with van der Waals surface area (Å²) >= 11 is 0. The van der Waals surface area contributed by atoms with Crippen LogP contribution in [-0.4, -0.2) is 36.5 Å². The summed E-state index contributed by atoms with van der Waals surface area (Å²) in [6.07, 6.45) is 8.61. The van der Waals surface area contributed by atoms with Gasteiger partial charge in [0.25, 0.3) is 0 Å². The van der Waals surface area contributed by atoms with E-state index in [1.54, 1.807) is 0 Å². The highest BCUT2D eigenvalue weighted by Crippen LogP contribution is 2.45. The fourth-order valence-corrected chi connectivity index (χ4v) is 4.65. The molecule has 0 aromatic carbocycles. The number of aliphatic hydroxyl groups is 1. The van der Waals surface area contributed by atoms with Crippen LogP contribution in [0.1, 0.15) is 72.6 Å². The van der Waals surface area contributed by atoms with Crippen molar-refractivity contribution in [3.05, 3.63) is 0 Å². The van der Waals surface area contributed by atoms with Gasteiger partial charge in [0.15, 0.2) is 0 Å². The summed E-state index contributed by atoms with van der Waals surface area (Å²) in [4.78, 5) is 0. The van der Waals surface area contributed by atoms with E-state index in [2.05, 4.69) is 33.0 Å². The van der Waals surface area contributed by atoms with Crippen LogP contribution in [0.5, 0.6) is 0 Å². The first-order chi connectivity index (χ1) is 9.76. The van der Waals surface area contributed by atoms with Crippen LogP contribution in [-0.2, 0) is 4.74 Å². The molecule has 0 heterocycles. The Bertz CT molecular complexity index is 305. The van der Waals surface area contributed by atoms with Gasteiger partial charge in [0.1, 0.15) is 0 Å². The molecule has 2 aliphatic rings. The van der Waals surface area contributed by atoms with E-state index in [4.69, 9.17) is 4.74 Å². The monoisotopic (exact) mass is 297 g/mol. The number of hydrogen-bond acceptors (Lipinski definition) is 3. The van der Waals surface area contributed by atoms with Gasteiger partial charge in [0.05, 0.1) is 18.8 Å². The van der Waals surface area contributed by atoms with E-state index in [0.29, 0.717) is 36.1 Å². The van der Waals surface area contributed by atoms with E-state index in [0.717, 1.165) is 0 Å². The number of ether oxygens (including phenoxy) is 1. The highest BCUT2D eigenvalue weighted by Gasteiger charge is 2.38. The zero-order valence-electron chi connectivity index (χ0n) is 14.5. The van der Waals surface area contributed by atoms with Crippen LogP contribution in [0.3, 0.4) is 0 Å². The lowest BCUT2D eigenvalue weighted by Gasteiger charge is -2.45. The van der Waals surface area contributed by atoms with Gasteiger partial charge in [-0.25, -0.2) is 0 Å². The lowest BCUT2D eigenvalue weighted by molar-refractivity contribution is -0.00897. The second-order valence-corrected chi connectivity index (χ2v) is 8.91. The molecular formula is C18H35NO2. The van der Waals surface area contributed by atoms with Crippen LogP contribution in [0.4, 0.5) is 0 Å². The third-order valence-corrected chi connectivity index (χ3v) is 5.02. The average molecular weight is 297 g/mol. The van der Waals surface area contributed by atoms with Crippen LogP contribution >= 0.6 is 0 Å². The molecule has 0 amide bonds. The Morgan fingerprint density at radius 3 is 2.24 bits per heavy atom. The summed E-state index contributed by atoms with van der Waals surface area (Å²) in [5.41, 5.74) is 0.787. The van der Waals surface area contributed by atoms with Crippen molar-refractivity contribution in [3.63, 3.8) is 0 Å². The summed E-state index contributed by atoms with van der Waals surface area (Å²) in [6, 6.07) is 0.518. The quantitative estimate of drug-likeness (QED) is 0.788. The van der Waals surface area contributed by atoms with Crippen molar-refractivity contribution in [1.82, 2.24) is 5.32 Å². The number of hydrogen-bond donors (Lipinski definition) is 2. The molecule has 3 nitrogen and oxygen atoms in total. The molecule has 0 aromatic rings. The molecule has 0 aliphatic heterocycles. The highest BCUT2D eigenvalue weighted by molar-refractivity contribution is 4.92. The summed E-state index contributed by atoms with van der Waals surface area (Å²) in [6.45, 7) is 10.6. The molecule has 0 bridgehead atoms. The van der Waals surface area contributed by atoms with Gasteiger partial charge in [-0.15, -0.1) is 0 Å². The zero-order valence-corrected chi connectivity index (χ0v) is 14.5. The fraction of sp³-hybridized carbons (Fsp3) is 1.00. The Morgan fingerprint density at radius 1 is 1.10 bits per heavy atom. The standard InChI is InChI=1S/C18H35NO2/c1-17(2)9-14(10-18(3,4)13-17)19-11-15(20)12-21-16-7-5-6-8-16/h14-16,19-20H,5-13H2,1-4H3. The summed E-state index contributed by atoms with van der Waals surface area (Å²) < 4.78 is 5.80. The minimum absolute atomic E-state index is 0.376. The Morgan fingerprint density at radius 2 is 1.67 bits per heavy atom. The van der Waals surface area contributed by atoms with Gasteiger partial charge in [-0.1, -0.05) is 40.5 Å². The molecule has 2 aliphatic carbocycles. The molecule has 2 rings (SSSR count). The van der Waals surface area contributed by atoms with Crippen LogP contribution < -0.4 is 5.32 Å². The topological polar surface area (TPSA) is 41.5 Å². The maximum atomic E-state index is 10.1. The van der Waals surface area contributed by atoms with Gasteiger partial charge >= 0.3 is 0 Å². The van der Waals surface area contributed by atoms with Crippen molar-refractivity contribution in [2.45, 2.75) is 90.9 Å². The molecule has 3 heteroatoms. The molecule has 21 heavy (non-hydrogen) atoms. The molecule has 2 fully saturated rings. The number of nitrogens with one attached hydrogen (secondary N) is 1. The van der Waals surface area contributed by atoms with Crippen molar-refractivity contribution < 1.29 is 9.84 Å². The molecule has 2 N–H and O–H groups in total. The number of aliphatic hydroxyl groups excluding tert-OH is 1. The van der Waals surface area contributed by atoms with Crippen LogP contribution in [0, 0.1) is 10.8 Å². The van der Waals surface area contributed by atoms with Crippen molar-refractivity contribution >= 4 is 0 Å². The Hall–Kier alpha value is -0.120. The van der Waals surface area contributed by atoms with E-state index in [1.165, 1.54) is 44.9 Å². The molecule has 0 spiro atoms. The molecule has 0 saturated heterocycles. The minimum atomic E-state index is -0.376. The van der Waals surface area contributed by atoms with Gasteiger partial charge in [0.2, 0.25) is 0 Å². The zero-order chi connectivity index (χ0) is 15.5. The molecular weight excluding hydrogens is 262 g/mol. The van der Waals surface area contributed by atoms with Crippen molar-refractivity contribution in [3.8, 4) is 0 Å². The van der Waals surface area contributed by atoms with E-state index >= 15 is 0 Å². The SMILES string of the molecule is CC1(C)CC(NCC(O)COC2CCCC2)CC(C)(C)C1. The molecule has 0 aromatic heterocycles. The van der Waals surface area contributed by atoms with Crippen LogP contribution in [0.15, 0.2) is 0 Å². The summed E-state index contributed by atoms with van der Waals surface area (Å²) in [7, 11) is 0. The smallest absolute Gasteiger partial charge is 0.0897 e. The molecule has 1 unspecified atom stereocenters.